The van der Waals surface area contributed by atoms with Crippen molar-refractivity contribution in [3.05, 3.63) is 59.1 Å². The van der Waals surface area contributed by atoms with Crippen molar-refractivity contribution in [1.29, 1.82) is 0 Å². The van der Waals surface area contributed by atoms with Gasteiger partial charge >= 0.3 is 6.03 Å². The van der Waals surface area contributed by atoms with Gasteiger partial charge in [0.05, 0.1) is 0 Å². The van der Waals surface area contributed by atoms with E-state index < -0.39 is 0 Å². The largest absolute Gasteiger partial charge is 0.326 e. The van der Waals surface area contributed by atoms with Crippen LogP contribution in [0.1, 0.15) is 25.3 Å². The van der Waals surface area contributed by atoms with Crippen molar-refractivity contribution in [2.45, 2.75) is 26.7 Å². The molecule has 1 atom stereocenters. The zero-order valence-corrected chi connectivity index (χ0v) is 17.0. The van der Waals surface area contributed by atoms with Gasteiger partial charge in [-0.1, -0.05) is 36.2 Å². The van der Waals surface area contributed by atoms with Gasteiger partial charge in [0.2, 0.25) is 5.91 Å². The van der Waals surface area contributed by atoms with Crippen molar-refractivity contribution in [1.82, 2.24) is 4.90 Å². The third kappa shape index (κ3) is 5.26. The predicted octanol–water partition coefficient (Wildman–Crippen LogP) is 5.17. The molecule has 0 saturated carbocycles. The van der Waals surface area contributed by atoms with E-state index in [0.717, 1.165) is 29.8 Å². The SMILES string of the molecule is Cc1ccc(NC(=O)[C@H](C)C2CCN(C(=O)Nc3ccc(Cl)cc3)CC2)cc1. The number of carbonyl (C=O) groups is 2. The molecule has 5 nitrogen and oxygen atoms in total. The maximum atomic E-state index is 12.6. The van der Waals surface area contributed by atoms with Crippen LogP contribution in [0.3, 0.4) is 0 Å². The first-order chi connectivity index (χ1) is 13.4. The Morgan fingerprint density at radius 2 is 1.50 bits per heavy atom. The number of rotatable bonds is 4. The molecule has 3 rings (SSSR count). The van der Waals surface area contributed by atoms with E-state index in [1.165, 1.54) is 0 Å². The molecule has 1 fully saturated rings. The van der Waals surface area contributed by atoms with Crippen molar-refractivity contribution in [3.8, 4) is 0 Å². The number of benzene rings is 2. The van der Waals surface area contributed by atoms with Gasteiger partial charge in [-0.05, 0) is 62.1 Å². The number of likely N-dealkylation sites (tertiary alicyclic amines) is 1. The fourth-order valence-corrected chi connectivity index (χ4v) is 3.57. The van der Waals surface area contributed by atoms with Crippen LogP contribution < -0.4 is 10.6 Å². The number of nitrogens with one attached hydrogen (secondary N) is 2. The van der Waals surface area contributed by atoms with E-state index in [4.69, 9.17) is 11.6 Å². The Hall–Kier alpha value is -2.53. The van der Waals surface area contributed by atoms with Crippen LogP contribution >= 0.6 is 11.6 Å². The van der Waals surface area contributed by atoms with Gasteiger partial charge in [0, 0.05) is 35.4 Å². The summed E-state index contributed by atoms with van der Waals surface area (Å²) < 4.78 is 0. The van der Waals surface area contributed by atoms with Crippen LogP contribution in [0.15, 0.2) is 48.5 Å². The molecule has 0 radical (unpaired) electrons. The lowest BCUT2D eigenvalue weighted by molar-refractivity contribution is -0.121. The molecule has 1 heterocycles. The highest BCUT2D eigenvalue weighted by Gasteiger charge is 2.29. The summed E-state index contributed by atoms with van der Waals surface area (Å²) in [6, 6.07) is 14.8. The van der Waals surface area contributed by atoms with Gasteiger partial charge in [-0.15, -0.1) is 0 Å². The molecular weight excluding hydrogens is 374 g/mol. The molecule has 1 aliphatic heterocycles. The minimum atomic E-state index is -0.113. The van der Waals surface area contributed by atoms with E-state index in [2.05, 4.69) is 10.6 Å². The molecule has 1 saturated heterocycles. The van der Waals surface area contributed by atoms with Crippen LogP contribution in [0.5, 0.6) is 0 Å². The Balaban J connectivity index is 1.48. The Morgan fingerprint density at radius 3 is 2.11 bits per heavy atom. The van der Waals surface area contributed by atoms with Crippen LogP contribution in [0.4, 0.5) is 16.2 Å². The highest BCUT2D eigenvalue weighted by Crippen LogP contribution is 2.26. The van der Waals surface area contributed by atoms with E-state index in [1.54, 1.807) is 29.2 Å². The zero-order chi connectivity index (χ0) is 20.1. The summed E-state index contributed by atoms with van der Waals surface area (Å²) in [7, 11) is 0. The number of amides is 3. The van der Waals surface area contributed by atoms with Crippen molar-refractivity contribution in [2.24, 2.45) is 11.8 Å². The highest BCUT2D eigenvalue weighted by molar-refractivity contribution is 6.30. The molecule has 0 aromatic heterocycles. The van der Waals surface area contributed by atoms with Gasteiger partial charge in [-0.2, -0.15) is 0 Å². The molecule has 0 aliphatic carbocycles. The minimum absolute atomic E-state index is 0.0351. The lowest BCUT2D eigenvalue weighted by Gasteiger charge is -2.34. The predicted molar refractivity (Wildman–Crippen MR) is 114 cm³/mol. The second-order valence-electron chi connectivity index (χ2n) is 7.41. The summed E-state index contributed by atoms with van der Waals surface area (Å²) >= 11 is 5.87. The fraction of sp³-hybridized carbons (Fsp3) is 0.364. The number of hydrogen-bond donors (Lipinski definition) is 2. The van der Waals surface area contributed by atoms with E-state index in [0.29, 0.717) is 18.1 Å². The van der Waals surface area contributed by atoms with Crippen LogP contribution in [0.25, 0.3) is 0 Å². The van der Waals surface area contributed by atoms with Gasteiger partial charge in [-0.25, -0.2) is 4.79 Å². The van der Waals surface area contributed by atoms with Gasteiger partial charge in [0.25, 0.3) is 0 Å². The monoisotopic (exact) mass is 399 g/mol. The number of carbonyl (C=O) groups excluding carboxylic acids is 2. The molecule has 6 heteroatoms. The van der Waals surface area contributed by atoms with Crippen molar-refractivity contribution in [2.75, 3.05) is 23.7 Å². The number of halogens is 1. The lowest BCUT2D eigenvalue weighted by Crippen LogP contribution is -2.43. The topological polar surface area (TPSA) is 61.4 Å². The average molecular weight is 400 g/mol. The van der Waals surface area contributed by atoms with E-state index in [1.807, 2.05) is 38.1 Å². The molecule has 0 spiro atoms. The molecule has 2 N–H and O–H groups in total. The highest BCUT2D eigenvalue weighted by atomic mass is 35.5. The van der Waals surface area contributed by atoms with Gasteiger partial charge < -0.3 is 15.5 Å². The van der Waals surface area contributed by atoms with Crippen LogP contribution in [0.2, 0.25) is 5.02 Å². The van der Waals surface area contributed by atoms with E-state index in [-0.39, 0.29) is 23.8 Å². The molecule has 1 aliphatic rings. The molecule has 0 bridgehead atoms. The maximum Gasteiger partial charge on any atom is 0.321 e. The van der Waals surface area contributed by atoms with Gasteiger partial charge in [0.15, 0.2) is 0 Å². The number of piperidine rings is 1. The first kappa shape index (κ1) is 20.2. The second-order valence-corrected chi connectivity index (χ2v) is 7.84. The number of anilines is 2. The van der Waals surface area contributed by atoms with E-state index >= 15 is 0 Å². The lowest BCUT2D eigenvalue weighted by atomic mass is 9.85. The smallest absolute Gasteiger partial charge is 0.321 e. The van der Waals surface area contributed by atoms with Crippen LogP contribution in [-0.4, -0.2) is 29.9 Å². The number of urea groups is 1. The Labute approximate surface area is 171 Å². The molecular formula is C22H26ClN3O2. The average Bonchev–Trinajstić information content (AvgIpc) is 2.71. The second kappa shape index (κ2) is 9.11. The summed E-state index contributed by atoms with van der Waals surface area (Å²) in [5.41, 5.74) is 2.71. The normalized spacial score (nSPS) is 15.8. The van der Waals surface area contributed by atoms with Crippen LogP contribution in [-0.2, 0) is 4.79 Å². The quantitative estimate of drug-likeness (QED) is 0.745. The van der Waals surface area contributed by atoms with Gasteiger partial charge in [-0.3, -0.25) is 4.79 Å². The molecule has 2 aromatic rings. The van der Waals surface area contributed by atoms with Crippen molar-refractivity contribution >= 4 is 34.9 Å². The molecule has 2 aromatic carbocycles. The first-order valence-electron chi connectivity index (χ1n) is 9.61. The Bertz CT molecular complexity index is 813. The molecule has 28 heavy (non-hydrogen) atoms. The number of nitrogens with zero attached hydrogens (tertiary/aromatic N) is 1. The summed E-state index contributed by atoms with van der Waals surface area (Å²) in [6.07, 6.45) is 1.63. The Kier molecular flexibility index (Phi) is 6.57. The molecule has 3 amide bonds. The number of hydrogen-bond acceptors (Lipinski definition) is 2. The third-order valence-corrected chi connectivity index (χ3v) is 5.61. The third-order valence-electron chi connectivity index (χ3n) is 5.36. The van der Waals surface area contributed by atoms with Gasteiger partial charge in [0.1, 0.15) is 0 Å². The summed E-state index contributed by atoms with van der Waals surface area (Å²) in [5, 5.41) is 6.52. The minimum Gasteiger partial charge on any atom is -0.326 e. The summed E-state index contributed by atoms with van der Waals surface area (Å²) in [5.74, 6) is 0.209. The van der Waals surface area contributed by atoms with Crippen LogP contribution in [0, 0.1) is 18.8 Å². The summed E-state index contributed by atoms with van der Waals surface area (Å²) in [4.78, 5) is 26.8. The van der Waals surface area contributed by atoms with E-state index in [9.17, 15) is 9.59 Å². The first-order valence-corrected chi connectivity index (χ1v) is 9.99. The zero-order valence-electron chi connectivity index (χ0n) is 16.2. The standard InChI is InChI=1S/C22H26ClN3O2/c1-15-3-7-19(8-4-15)24-21(27)16(2)17-11-13-26(14-12-17)22(28)25-20-9-5-18(23)6-10-20/h3-10,16-17H,11-14H2,1-2H3,(H,24,27)(H,25,28)/t16-/m1/s1. The van der Waals surface area contributed by atoms with Crippen molar-refractivity contribution in [3.63, 3.8) is 0 Å². The summed E-state index contributed by atoms with van der Waals surface area (Å²) in [6.45, 7) is 5.28. The molecule has 148 valence electrons. The molecule has 0 unspecified atom stereocenters. The van der Waals surface area contributed by atoms with Crippen molar-refractivity contribution < 1.29 is 9.59 Å². The maximum absolute atomic E-state index is 12.6. The Morgan fingerprint density at radius 1 is 0.964 bits per heavy atom. The number of aryl methyl sites for hydroxylation is 1. The fourth-order valence-electron chi connectivity index (χ4n) is 3.45.